The lowest BCUT2D eigenvalue weighted by Gasteiger charge is -2.37. The third-order valence-electron chi connectivity index (χ3n) is 5.25. The van der Waals surface area contributed by atoms with Gasteiger partial charge < -0.3 is 14.5 Å². The van der Waals surface area contributed by atoms with Crippen LogP contribution in [-0.4, -0.2) is 68.4 Å². The van der Waals surface area contributed by atoms with E-state index in [-0.39, 0.29) is 17.5 Å². The van der Waals surface area contributed by atoms with Gasteiger partial charge in [0.2, 0.25) is 17.7 Å². The minimum absolute atomic E-state index is 0.114. The van der Waals surface area contributed by atoms with Crippen molar-refractivity contribution in [3.05, 3.63) is 28.6 Å². The number of carbonyl (C=O) groups is 1. The number of anilines is 1. The number of hydrogen-bond donors (Lipinski definition) is 0. The van der Waals surface area contributed by atoms with E-state index in [0.717, 1.165) is 12.2 Å². The van der Waals surface area contributed by atoms with E-state index < -0.39 is 0 Å². The molecule has 4 heterocycles. The van der Waals surface area contributed by atoms with Crippen LogP contribution in [0.3, 0.4) is 0 Å². The summed E-state index contributed by atoms with van der Waals surface area (Å²) in [5, 5.41) is 4.23. The molecule has 4 rings (SSSR count). The van der Waals surface area contributed by atoms with Crippen LogP contribution in [0.1, 0.15) is 12.2 Å². The standard InChI is InChI=1S/C17H23N7O3/c1-21-17(26)24-11-12(3-4-13(24)20-21)15(25)22-7-9-23(10-8-22)16-18-6-5-14(19-16)27-2/h5-6,12H,3-4,7-11H2,1-2H3/t12-/m0/s1. The molecule has 0 radical (unpaired) electrons. The van der Waals surface area contributed by atoms with Crippen molar-refractivity contribution in [1.82, 2.24) is 29.2 Å². The average molecular weight is 373 g/mol. The fraction of sp³-hybridized carbons (Fsp3) is 0.588. The van der Waals surface area contributed by atoms with Crippen LogP contribution in [0.4, 0.5) is 5.95 Å². The molecule has 10 heteroatoms. The molecule has 0 unspecified atom stereocenters. The molecular weight excluding hydrogens is 350 g/mol. The Morgan fingerprint density at radius 3 is 2.78 bits per heavy atom. The maximum Gasteiger partial charge on any atom is 0.345 e. The van der Waals surface area contributed by atoms with Gasteiger partial charge in [0.05, 0.1) is 13.0 Å². The van der Waals surface area contributed by atoms with Crippen molar-refractivity contribution in [2.75, 3.05) is 38.2 Å². The van der Waals surface area contributed by atoms with Crippen LogP contribution in [0.15, 0.2) is 17.1 Å². The first kappa shape index (κ1) is 17.5. The number of fused-ring (bicyclic) bond motifs is 1. The number of nitrogens with zero attached hydrogens (tertiary/aromatic N) is 7. The van der Waals surface area contributed by atoms with E-state index in [1.807, 2.05) is 4.90 Å². The van der Waals surface area contributed by atoms with Crippen LogP contribution in [0.5, 0.6) is 5.88 Å². The third-order valence-corrected chi connectivity index (χ3v) is 5.25. The van der Waals surface area contributed by atoms with Crippen molar-refractivity contribution in [2.45, 2.75) is 19.4 Å². The summed E-state index contributed by atoms with van der Waals surface area (Å²) >= 11 is 0. The van der Waals surface area contributed by atoms with Gasteiger partial charge in [-0.1, -0.05) is 0 Å². The van der Waals surface area contributed by atoms with Crippen LogP contribution in [-0.2, 0) is 24.8 Å². The molecule has 1 fully saturated rings. The quantitative estimate of drug-likeness (QED) is 0.701. The Balaban J connectivity index is 1.39. The van der Waals surface area contributed by atoms with Gasteiger partial charge in [-0.05, 0) is 6.42 Å². The van der Waals surface area contributed by atoms with Crippen LogP contribution < -0.4 is 15.3 Å². The molecule has 2 aliphatic heterocycles. The summed E-state index contributed by atoms with van der Waals surface area (Å²) in [7, 11) is 3.22. The maximum absolute atomic E-state index is 12.9. The lowest BCUT2D eigenvalue weighted by Crippen LogP contribution is -2.52. The summed E-state index contributed by atoms with van der Waals surface area (Å²) in [4.78, 5) is 37.6. The third kappa shape index (κ3) is 3.26. The molecular formula is C17H23N7O3. The first-order chi connectivity index (χ1) is 13.1. The number of piperazine rings is 1. The Morgan fingerprint density at radius 2 is 2.04 bits per heavy atom. The lowest BCUT2D eigenvalue weighted by molar-refractivity contribution is -0.136. The molecule has 2 aromatic heterocycles. The van der Waals surface area contributed by atoms with Gasteiger partial charge in [-0.2, -0.15) is 10.1 Å². The highest BCUT2D eigenvalue weighted by molar-refractivity contribution is 5.79. The molecule has 10 nitrogen and oxygen atoms in total. The largest absolute Gasteiger partial charge is 0.481 e. The molecule has 27 heavy (non-hydrogen) atoms. The van der Waals surface area contributed by atoms with Gasteiger partial charge >= 0.3 is 5.69 Å². The number of hydrogen-bond acceptors (Lipinski definition) is 7. The Morgan fingerprint density at radius 1 is 1.26 bits per heavy atom. The van der Waals surface area contributed by atoms with E-state index in [4.69, 9.17) is 4.74 Å². The Labute approximate surface area is 156 Å². The first-order valence-electron chi connectivity index (χ1n) is 9.10. The summed E-state index contributed by atoms with van der Waals surface area (Å²) in [6.07, 6.45) is 3.06. The van der Waals surface area contributed by atoms with E-state index in [1.165, 1.54) is 4.68 Å². The van der Waals surface area contributed by atoms with E-state index in [2.05, 4.69) is 20.0 Å². The van der Waals surface area contributed by atoms with E-state index >= 15 is 0 Å². The minimum atomic E-state index is -0.168. The van der Waals surface area contributed by atoms with E-state index in [1.54, 1.807) is 31.0 Å². The molecule has 0 N–H and O–H groups in total. The summed E-state index contributed by atoms with van der Waals surface area (Å²) < 4.78 is 8.12. The Bertz CT molecular complexity index is 898. The van der Waals surface area contributed by atoms with Crippen molar-refractivity contribution >= 4 is 11.9 Å². The zero-order valence-corrected chi connectivity index (χ0v) is 15.5. The SMILES string of the molecule is COc1ccnc(N2CCN(C(=O)[C@H]3CCc4nn(C)c(=O)n4C3)CC2)n1. The second kappa shape index (κ2) is 7.01. The number of rotatable bonds is 3. The number of ether oxygens (including phenoxy) is 1. The van der Waals surface area contributed by atoms with Crippen molar-refractivity contribution < 1.29 is 9.53 Å². The Hall–Kier alpha value is -2.91. The second-order valence-electron chi connectivity index (χ2n) is 6.88. The van der Waals surface area contributed by atoms with Crippen molar-refractivity contribution in [2.24, 2.45) is 13.0 Å². The van der Waals surface area contributed by atoms with Gasteiger partial charge in [0.15, 0.2) is 0 Å². The van der Waals surface area contributed by atoms with E-state index in [0.29, 0.717) is 51.0 Å². The highest BCUT2D eigenvalue weighted by Gasteiger charge is 2.32. The monoisotopic (exact) mass is 373 g/mol. The molecule has 144 valence electrons. The molecule has 0 bridgehead atoms. The second-order valence-corrected chi connectivity index (χ2v) is 6.88. The molecule has 1 amide bonds. The van der Waals surface area contributed by atoms with Crippen LogP contribution in [0.25, 0.3) is 0 Å². The van der Waals surface area contributed by atoms with E-state index in [9.17, 15) is 9.59 Å². The predicted molar refractivity (Wildman–Crippen MR) is 96.7 cm³/mol. The summed E-state index contributed by atoms with van der Waals surface area (Å²) in [5.74, 6) is 1.86. The smallest absolute Gasteiger partial charge is 0.345 e. The van der Waals surface area contributed by atoms with Crippen molar-refractivity contribution in [3.8, 4) is 5.88 Å². The number of methoxy groups -OCH3 is 1. The predicted octanol–water partition coefficient (Wildman–Crippen LogP) is -0.708. The molecule has 0 aromatic carbocycles. The molecule has 1 saturated heterocycles. The van der Waals surface area contributed by atoms with Gasteiger partial charge in [0, 0.05) is 58.5 Å². The minimum Gasteiger partial charge on any atom is -0.481 e. The first-order valence-corrected chi connectivity index (χ1v) is 9.10. The zero-order chi connectivity index (χ0) is 19.0. The average Bonchev–Trinajstić information content (AvgIpc) is 3.01. The van der Waals surface area contributed by atoms with Crippen LogP contribution in [0, 0.1) is 5.92 Å². The molecule has 0 aliphatic carbocycles. The molecule has 2 aromatic rings. The van der Waals surface area contributed by atoms with Crippen molar-refractivity contribution in [3.63, 3.8) is 0 Å². The summed E-state index contributed by atoms with van der Waals surface area (Å²) in [6.45, 7) is 2.99. The molecule has 2 aliphatic rings. The Kier molecular flexibility index (Phi) is 4.54. The normalized spacial score (nSPS) is 19.7. The number of aromatic nitrogens is 5. The van der Waals surface area contributed by atoms with Gasteiger partial charge in [0.25, 0.3) is 0 Å². The fourth-order valence-electron chi connectivity index (χ4n) is 3.72. The van der Waals surface area contributed by atoms with Gasteiger partial charge in [-0.3, -0.25) is 9.36 Å². The van der Waals surface area contributed by atoms with Gasteiger partial charge in [0.1, 0.15) is 5.82 Å². The van der Waals surface area contributed by atoms with Gasteiger partial charge in [-0.25, -0.2) is 14.5 Å². The number of carbonyl (C=O) groups excluding carboxylic acids is 1. The topological polar surface area (TPSA) is 98.4 Å². The molecule has 0 saturated carbocycles. The molecule has 0 spiro atoms. The van der Waals surface area contributed by atoms with Gasteiger partial charge in [-0.15, -0.1) is 0 Å². The zero-order valence-electron chi connectivity index (χ0n) is 15.5. The highest BCUT2D eigenvalue weighted by atomic mass is 16.5. The number of amides is 1. The van der Waals surface area contributed by atoms with Crippen molar-refractivity contribution in [1.29, 1.82) is 0 Å². The summed E-state index contributed by atoms with van der Waals surface area (Å²) in [6, 6.07) is 1.71. The number of aryl methyl sites for hydroxylation is 2. The fourth-order valence-corrected chi connectivity index (χ4v) is 3.72. The maximum atomic E-state index is 12.9. The van der Waals surface area contributed by atoms with Crippen LogP contribution in [0.2, 0.25) is 0 Å². The molecule has 1 atom stereocenters. The highest BCUT2D eigenvalue weighted by Crippen LogP contribution is 2.21. The lowest BCUT2D eigenvalue weighted by atomic mass is 9.97. The summed E-state index contributed by atoms with van der Waals surface area (Å²) in [5.41, 5.74) is -0.150. The van der Waals surface area contributed by atoms with Crippen LogP contribution >= 0.6 is 0 Å².